The summed E-state index contributed by atoms with van der Waals surface area (Å²) < 4.78 is 23.1. The fraction of sp³-hybridized carbons (Fsp3) is 0.105. The van der Waals surface area contributed by atoms with Crippen LogP contribution in [0.4, 0.5) is 0 Å². The Morgan fingerprint density at radius 1 is 0.348 bits per heavy atom. The molecule has 0 aliphatic carbocycles. The van der Waals surface area contributed by atoms with Crippen molar-refractivity contribution in [2.75, 3.05) is 0 Å². The number of aryl methyl sites for hydroxylation is 4. The molecule has 0 N–H and O–H groups in total. The van der Waals surface area contributed by atoms with Gasteiger partial charge in [0.25, 0.3) is 0 Å². The van der Waals surface area contributed by atoms with Gasteiger partial charge in [-0.25, -0.2) is 19.9 Å². The zero-order valence-electron chi connectivity index (χ0n) is 25.7. The molecule has 0 radical (unpaired) electrons. The highest BCUT2D eigenvalue weighted by atomic mass is 16.4. The van der Waals surface area contributed by atoms with E-state index >= 15 is 0 Å². The molecule has 5 aromatic carbocycles. The predicted octanol–water partition coefficient (Wildman–Crippen LogP) is 10.2. The van der Waals surface area contributed by atoms with E-state index in [1.807, 2.05) is 118 Å². The monoisotopic (exact) mass is 604 g/mol. The Kier molecular flexibility index (Phi) is 6.49. The highest BCUT2D eigenvalue weighted by molar-refractivity contribution is 5.90. The molecule has 0 unspecified atom stereocenters. The second kappa shape index (κ2) is 10.9. The molecule has 9 rings (SSSR count). The van der Waals surface area contributed by atoms with Crippen LogP contribution in [-0.2, 0) is 0 Å². The summed E-state index contributed by atoms with van der Waals surface area (Å²) >= 11 is 0. The van der Waals surface area contributed by atoms with Crippen molar-refractivity contribution in [3.05, 3.63) is 120 Å². The quantitative estimate of drug-likeness (QED) is 0.196. The number of hydrogen-bond acceptors (Lipinski definition) is 8. The summed E-state index contributed by atoms with van der Waals surface area (Å²) in [7, 11) is 0. The van der Waals surface area contributed by atoms with E-state index in [9.17, 15) is 0 Å². The molecule has 9 aromatic rings. The van der Waals surface area contributed by atoms with Gasteiger partial charge < -0.3 is 17.7 Å². The summed E-state index contributed by atoms with van der Waals surface area (Å²) in [6.07, 6.45) is 0. The molecule has 0 aliphatic heterocycles. The van der Waals surface area contributed by atoms with E-state index in [-0.39, 0.29) is 0 Å². The predicted molar refractivity (Wildman–Crippen MR) is 178 cm³/mol. The van der Waals surface area contributed by atoms with Crippen LogP contribution in [0.5, 0.6) is 0 Å². The van der Waals surface area contributed by atoms with E-state index in [0.717, 1.165) is 55.5 Å². The Bertz CT molecular complexity index is 2370. The lowest BCUT2D eigenvalue weighted by molar-refractivity contribution is 0.560. The van der Waals surface area contributed by atoms with Gasteiger partial charge in [0, 0.05) is 29.7 Å². The Balaban J connectivity index is 0.000000140. The third kappa shape index (κ3) is 5.20. The van der Waals surface area contributed by atoms with Crippen LogP contribution < -0.4 is 0 Å². The average molecular weight is 605 g/mol. The van der Waals surface area contributed by atoms with Gasteiger partial charge in [-0.3, -0.25) is 0 Å². The first-order valence-electron chi connectivity index (χ1n) is 14.9. The summed E-state index contributed by atoms with van der Waals surface area (Å²) in [6.45, 7) is 7.97. The summed E-state index contributed by atoms with van der Waals surface area (Å²) in [6, 6.07) is 31.8. The van der Waals surface area contributed by atoms with Crippen LogP contribution >= 0.6 is 0 Å². The van der Waals surface area contributed by atoms with Crippen molar-refractivity contribution < 1.29 is 17.7 Å². The number of nitrogens with zero attached hydrogens (tertiary/aromatic N) is 4. The van der Waals surface area contributed by atoms with Crippen LogP contribution in [0.1, 0.15) is 22.6 Å². The Labute approximate surface area is 263 Å². The molecule has 0 saturated carbocycles. The van der Waals surface area contributed by atoms with Crippen LogP contribution in [0, 0.1) is 27.7 Å². The first kappa shape index (κ1) is 27.5. The van der Waals surface area contributed by atoms with Crippen molar-refractivity contribution in [2.45, 2.75) is 27.7 Å². The minimum absolute atomic E-state index is 0.615. The maximum absolute atomic E-state index is 5.87. The largest absolute Gasteiger partial charge is 0.441 e. The molecule has 8 nitrogen and oxygen atoms in total. The first-order chi connectivity index (χ1) is 22.3. The van der Waals surface area contributed by atoms with E-state index < -0.39 is 0 Å². The number of benzene rings is 5. The second-order valence-corrected chi connectivity index (χ2v) is 11.5. The Morgan fingerprint density at radius 2 is 0.739 bits per heavy atom. The maximum Gasteiger partial charge on any atom is 0.227 e. The highest BCUT2D eigenvalue weighted by Gasteiger charge is 2.13. The van der Waals surface area contributed by atoms with Crippen LogP contribution in [0.3, 0.4) is 0 Å². The van der Waals surface area contributed by atoms with E-state index in [2.05, 4.69) is 26.9 Å². The molecule has 0 aliphatic rings. The molecular formula is C38H28N4O4. The lowest BCUT2D eigenvalue weighted by Crippen LogP contribution is -1.80. The van der Waals surface area contributed by atoms with E-state index in [4.69, 9.17) is 17.7 Å². The van der Waals surface area contributed by atoms with Crippen molar-refractivity contribution in [2.24, 2.45) is 0 Å². The van der Waals surface area contributed by atoms with Gasteiger partial charge in [-0.2, -0.15) is 0 Å². The molecule has 0 amide bonds. The van der Waals surface area contributed by atoms with E-state index in [1.54, 1.807) is 0 Å². The van der Waals surface area contributed by atoms with Crippen molar-refractivity contribution in [1.82, 2.24) is 19.9 Å². The summed E-state index contributed by atoms with van der Waals surface area (Å²) in [5.41, 5.74) is 12.7. The molecule has 0 saturated heterocycles. The lowest BCUT2D eigenvalue weighted by atomic mass is 10.1. The summed E-state index contributed by atoms with van der Waals surface area (Å²) in [4.78, 5) is 18.0. The number of rotatable bonds is 3. The SMILES string of the molecule is Cc1ccc(-c2nc3cc4nc(C)oc4cc3o2)cc1.Cc1ccc2oc(-c3ccc(-c4nc5cc(C)ccc5o4)cc3)nc2c1. The topological polar surface area (TPSA) is 104 Å². The highest BCUT2D eigenvalue weighted by Crippen LogP contribution is 2.30. The van der Waals surface area contributed by atoms with E-state index in [0.29, 0.717) is 29.1 Å². The van der Waals surface area contributed by atoms with Crippen molar-refractivity contribution >= 4 is 44.4 Å². The fourth-order valence-electron chi connectivity index (χ4n) is 5.36. The minimum Gasteiger partial charge on any atom is -0.441 e. The normalized spacial score (nSPS) is 11.5. The van der Waals surface area contributed by atoms with Crippen molar-refractivity contribution in [3.8, 4) is 34.4 Å². The molecule has 8 heteroatoms. The van der Waals surface area contributed by atoms with Gasteiger partial charge in [0.1, 0.15) is 22.1 Å². The molecule has 0 atom stereocenters. The van der Waals surface area contributed by atoms with Gasteiger partial charge in [0.15, 0.2) is 28.2 Å². The molecule has 4 heterocycles. The van der Waals surface area contributed by atoms with Gasteiger partial charge in [0.2, 0.25) is 17.7 Å². The Hall–Kier alpha value is -6.02. The number of hydrogen-bond donors (Lipinski definition) is 0. The number of aromatic nitrogens is 4. The van der Waals surface area contributed by atoms with Crippen LogP contribution in [0.15, 0.2) is 115 Å². The van der Waals surface area contributed by atoms with Gasteiger partial charge in [0.05, 0.1) is 0 Å². The smallest absolute Gasteiger partial charge is 0.227 e. The summed E-state index contributed by atoms with van der Waals surface area (Å²) in [5.74, 6) is 2.49. The van der Waals surface area contributed by atoms with Crippen LogP contribution in [0.2, 0.25) is 0 Å². The zero-order chi connectivity index (χ0) is 31.4. The minimum atomic E-state index is 0.615. The van der Waals surface area contributed by atoms with Gasteiger partial charge in [-0.05, 0) is 98.6 Å². The first-order valence-corrected chi connectivity index (χ1v) is 14.9. The molecule has 46 heavy (non-hydrogen) atoms. The lowest BCUT2D eigenvalue weighted by Gasteiger charge is -1.97. The molecule has 4 aromatic heterocycles. The molecular weight excluding hydrogens is 576 g/mol. The second-order valence-electron chi connectivity index (χ2n) is 11.5. The molecule has 0 fully saturated rings. The van der Waals surface area contributed by atoms with Crippen LogP contribution in [0.25, 0.3) is 78.8 Å². The van der Waals surface area contributed by atoms with E-state index in [1.165, 1.54) is 16.7 Å². The van der Waals surface area contributed by atoms with Gasteiger partial charge >= 0.3 is 0 Å². The average Bonchev–Trinajstić information content (AvgIpc) is 3.84. The zero-order valence-corrected chi connectivity index (χ0v) is 25.7. The fourth-order valence-corrected chi connectivity index (χ4v) is 5.36. The third-order valence-electron chi connectivity index (χ3n) is 7.77. The van der Waals surface area contributed by atoms with Crippen molar-refractivity contribution in [1.29, 1.82) is 0 Å². The molecule has 0 bridgehead atoms. The van der Waals surface area contributed by atoms with Crippen molar-refractivity contribution in [3.63, 3.8) is 0 Å². The molecule has 0 spiro atoms. The Morgan fingerprint density at radius 3 is 1.26 bits per heavy atom. The molecule has 224 valence electrons. The number of fused-ring (bicyclic) bond motifs is 4. The number of oxazole rings is 4. The van der Waals surface area contributed by atoms with Crippen LogP contribution in [-0.4, -0.2) is 19.9 Å². The summed E-state index contributed by atoms with van der Waals surface area (Å²) in [5, 5.41) is 0. The third-order valence-corrected chi connectivity index (χ3v) is 7.77. The van der Waals surface area contributed by atoms with Gasteiger partial charge in [-0.15, -0.1) is 0 Å². The maximum atomic E-state index is 5.87. The van der Waals surface area contributed by atoms with Gasteiger partial charge in [-0.1, -0.05) is 29.8 Å². The standard InChI is InChI=1S/C22H16N2O2.C16H12N2O2/c1-13-3-9-19-17(11-13)23-21(25-19)15-5-7-16(8-6-15)22-24-18-12-14(2)4-10-20(18)26-22;1-9-3-5-11(6-4-9)16-18-13-7-12-14(8-15(13)20-16)19-10(2)17-12/h3-12H,1-2H3;3-8H,1-2H3.